The molecule has 0 fully saturated rings. The maximum absolute atomic E-state index is 12.9. The number of hydrogen-bond donors (Lipinski definition) is 1. The van der Waals surface area contributed by atoms with Gasteiger partial charge >= 0.3 is 6.18 Å². The highest BCUT2D eigenvalue weighted by molar-refractivity contribution is 5.96. The maximum Gasteiger partial charge on any atom is 0.408 e. The van der Waals surface area contributed by atoms with Crippen molar-refractivity contribution in [2.45, 2.75) is 38.9 Å². The summed E-state index contributed by atoms with van der Waals surface area (Å²) in [4.78, 5) is 25.0. The Labute approximate surface area is 130 Å². The zero-order valence-electron chi connectivity index (χ0n) is 12.8. The molecule has 6 nitrogen and oxygen atoms in total. The van der Waals surface area contributed by atoms with E-state index in [4.69, 9.17) is 4.74 Å². The second kappa shape index (κ2) is 6.51. The van der Waals surface area contributed by atoms with E-state index in [1.165, 1.54) is 16.9 Å². The molecule has 0 bridgehead atoms. The Morgan fingerprint density at radius 1 is 1.39 bits per heavy atom. The van der Waals surface area contributed by atoms with E-state index in [2.05, 4.69) is 5.43 Å². The lowest BCUT2D eigenvalue weighted by molar-refractivity contribution is -0.172. The number of amides is 1. The van der Waals surface area contributed by atoms with Crippen molar-refractivity contribution in [1.29, 1.82) is 0 Å². The molecule has 23 heavy (non-hydrogen) atoms. The highest BCUT2D eigenvalue weighted by atomic mass is 19.4. The van der Waals surface area contributed by atoms with E-state index >= 15 is 0 Å². The molecular formula is C14H18F3N3O3. The minimum atomic E-state index is -4.56. The number of unbranched alkanes of at least 4 members (excludes halogenated alkanes) is 1. The van der Waals surface area contributed by atoms with E-state index in [0.717, 1.165) is 13.3 Å². The Bertz CT molecular complexity index is 642. The van der Waals surface area contributed by atoms with Crippen LogP contribution in [0.2, 0.25) is 0 Å². The first-order chi connectivity index (χ1) is 10.8. The zero-order valence-corrected chi connectivity index (χ0v) is 12.8. The van der Waals surface area contributed by atoms with Gasteiger partial charge in [0, 0.05) is 12.3 Å². The number of carbonyl (C=O) groups excluding carboxylic acids is 1. The van der Waals surface area contributed by atoms with Crippen LogP contribution >= 0.6 is 0 Å². The number of nitrogens with zero attached hydrogens (tertiary/aromatic N) is 2. The molecule has 1 aliphatic rings. The van der Waals surface area contributed by atoms with Gasteiger partial charge in [0.15, 0.2) is 11.4 Å². The maximum atomic E-state index is 12.9. The second-order valence-electron chi connectivity index (χ2n) is 5.24. The Kier molecular flexibility index (Phi) is 4.86. The predicted octanol–water partition coefficient (Wildman–Crippen LogP) is 1.93. The molecule has 0 radical (unpaired) electrons. The van der Waals surface area contributed by atoms with Gasteiger partial charge in [-0.25, -0.2) is 0 Å². The molecule has 0 saturated heterocycles. The number of rotatable bonds is 5. The summed E-state index contributed by atoms with van der Waals surface area (Å²) in [7, 11) is 0. The molecule has 1 amide bonds. The van der Waals surface area contributed by atoms with Gasteiger partial charge in [0.25, 0.3) is 5.91 Å². The highest BCUT2D eigenvalue weighted by Gasteiger charge is 2.44. The Balaban J connectivity index is 2.38. The summed E-state index contributed by atoms with van der Waals surface area (Å²) < 4.78 is 45.3. The minimum absolute atomic E-state index is 0.212. The van der Waals surface area contributed by atoms with Crippen LogP contribution < -0.4 is 15.6 Å². The number of hydrogen-bond acceptors (Lipinski definition) is 4. The average Bonchev–Trinajstić information content (AvgIpc) is 2.48. The smallest absolute Gasteiger partial charge is 0.408 e. The number of aromatic nitrogens is 1. The third-order valence-corrected chi connectivity index (χ3v) is 3.62. The molecule has 1 aromatic heterocycles. The lowest BCUT2D eigenvalue weighted by Crippen LogP contribution is -2.54. The van der Waals surface area contributed by atoms with Crippen molar-refractivity contribution in [3.8, 4) is 5.75 Å². The van der Waals surface area contributed by atoms with E-state index in [0.29, 0.717) is 11.3 Å². The van der Waals surface area contributed by atoms with Gasteiger partial charge in [-0.15, -0.1) is 0 Å². The summed E-state index contributed by atoms with van der Waals surface area (Å²) in [5.74, 6) is -1.12. The first-order valence-electron chi connectivity index (χ1n) is 7.27. The zero-order chi connectivity index (χ0) is 17.2. The molecule has 1 aromatic rings. The third kappa shape index (κ3) is 3.43. The largest absolute Gasteiger partial charge is 0.487 e. The monoisotopic (exact) mass is 333 g/mol. The van der Waals surface area contributed by atoms with E-state index in [-0.39, 0.29) is 24.7 Å². The summed E-state index contributed by atoms with van der Waals surface area (Å²) >= 11 is 0. The van der Waals surface area contributed by atoms with E-state index in [1.54, 1.807) is 0 Å². The minimum Gasteiger partial charge on any atom is -0.487 e. The Hall–Kier alpha value is -2.19. The van der Waals surface area contributed by atoms with Gasteiger partial charge in [0.2, 0.25) is 5.43 Å². The van der Waals surface area contributed by atoms with Crippen LogP contribution in [0.3, 0.4) is 0 Å². The quantitative estimate of drug-likeness (QED) is 0.837. The van der Waals surface area contributed by atoms with Crippen molar-refractivity contribution in [3.05, 3.63) is 28.2 Å². The molecule has 1 N–H and O–H groups in total. The van der Waals surface area contributed by atoms with Gasteiger partial charge in [-0.05, 0) is 13.3 Å². The fraction of sp³-hybridized carbons (Fsp3) is 0.571. The van der Waals surface area contributed by atoms with E-state index < -0.39 is 23.6 Å². The van der Waals surface area contributed by atoms with Crippen LogP contribution in [0, 0.1) is 0 Å². The lowest BCUT2D eigenvalue weighted by Gasteiger charge is -2.36. The van der Waals surface area contributed by atoms with Crippen molar-refractivity contribution in [2.24, 2.45) is 0 Å². The summed E-state index contributed by atoms with van der Waals surface area (Å²) in [6.07, 6.45) is -1.77. The van der Waals surface area contributed by atoms with Crippen LogP contribution in [0.4, 0.5) is 13.2 Å². The summed E-state index contributed by atoms with van der Waals surface area (Å²) in [6, 6.07) is -0.775. The van der Waals surface area contributed by atoms with Crippen molar-refractivity contribution < 1.29 is 22.7 Å². The number of carbonyl (C=O) groups is 1. The molecule has 0 aromatic carbocycles. The second-order valence-corrected chi connectivity index (χ2v) is 5.24. The van der Waals surface area contributed by atoms with Gasteiger partial charge in [-0.1, -0.05) is 13.3 Å². The molecule has 1 aliphatic heterocycles. The van der Waals surface area contributed by atoms with Crippen molar-refractivity contribution in [1.82, 2.24) is 9.58 Å². The summed E-state index contributed by atoms with van der Waals surface area (Å²) in [5, 5.41) is 0. The topological polar surface area (TPSA) is 63.6 Å². The standard InChI is InChI=1S/C14H18F3N3O3/c1-3-4-7-23-12-10(21)5-6-20-11(12)13(22)19(8-18-20)9(2)14(15,16)17/h5-6,9,18H,3-4,7-8H2,1-2H3/t9-/m1/s1. The van der Waals surface area contributed by atoms with Crippen LogP contribution in [0.5, 0.6) is 5.75 Å². The van der Waals surface area contributed by atoms with Crippen LogP contribution in [-0.2, 0) is 0 Å². The summed E-state index contributed by atoms with van der Waals surface area (Å²) in [6.45, 7) is 2.72. The van der Waals surface area contributed by atoms with Crippen LogP contribution in [0.25, 0.3) is 0 Å². The normalized spacial score (nSPS) is 15.9. The SMILES string of the molecule is CCCCOc1c2n(ccc1=O)NCN([C@H](C)C(F)(F)F)C2=O. The number of alkyl halides is 3. The van der Waals surface area contributed by atoms with Gasteiger partial charge in [-0.2, -0.15) is 13.2 Å². The molecule has 0 aliphatic carbocycles. The molecule has 0 spiro atoms. The first-order valence-corrected chi connectivity index (χ1v) is 7.27. The van der Waals surface area contributed by atoms with Gasteiger partial charge in [0.1, 0.15) is 12.7 Å². The van der Waals surface area contributed by atoms with Crippen molar-refractivity contribution in [3.63, 3.8) is 0 Å². The van der Waals surface area contributed by atoms with E-state index in [9.17, 15) is 22.8 Å². The van der Waals surface area contributed by atoms with Gasteiger partial charge < -0.3 is 15.1 Å². The van der Waals surface area contributed by atoms with E-state index in [1.807, 2.05) is 6.92 Å². The van der Waals surface area contributed by atoms with Crippen molar-refractivity contribution >= 4 is 5.91 Å². The number of pyridine rings is 1. The lowest BCUT2D eigenvalue weighted by atomic mass is 10.2. The Morgan fingerprint density at radius 3 is 2.70 bits per heavy atom. The summed E-state index contributed by atoms with van der Waals surface area (Å²) in [5.41, 5.74) is 1.91. The fourth-order valence-corrected chi connectivity index (χ4v) is 2.16. The molecule has 0 saturated carbocycles. The highest BCUT2D eigenvalue weighted by Crippen LogP contribution is 2.28. The number of nitrogens with one attached hydrogen (secondary N) is 1. The molecule has 128 valence electrons. The molecule has 2 heterocycles. The van der Waals surface area contributed by atoms with Gasteiger partial charge in [-0.3, -0.25) is 14.3 Å². The molecule has 9 heteroatoms. The van der Waals surface area contributed by atoms with Crippen LogP contribution in [-0.4, -0.2) is 41.0 Å². The molecule has 1 atom stereocenters. The number of fused-ring (bicyclic) bond motifs is 1. The fourth-order valence-electron chi connectivity index (χ4n) is 2.16. The molecule has 2 rings (SSSR count). The van der Waals surface area contributed by atoms with Crippen LogP contribution in [0.15, 0.2) is 17.1 Å². The molecule has 0 unspecified atom stereocenters. The average molecular weight is 333 g/mol. The first kappa shape index (κ1) is 17.2. The third-order valence-electron chi connectivity index (χ3n) is 3.62. The number of halogens is 3. The predicted molar refractivity (Wildman–Crippen MR) is 77.0 cm³/mol. The molecular weight excluding hydrogens is 315 g/mol. The van der Waals surface area contributed by atoms with Gasteiger partial charge in [0.05, 0.1) is 6.61 Å². The Morgan fingerprint density at radius 2 is 2.09 bits per heavy atom. The van der Waals surface area contributed by atoms with Crippen molar-refractivity contribution in [2.75, 3.05) is 18.7 Å². The van der Waals surface area contributed by atoms with Crippen LogP contribution in [0.1, 0.15) is 37.2 Å². The number of ether oxygens (including phenoxy) is 1.